The van der Waals surface area contributed by atoms with E-state index in [1.54, 1.807) is 11.0 Å². The molecule has 3 N–H and O–H groups in total. The number of nitrogens with one attached hydrogen (secondary N) is 3. The van der Waals surface area contributed by atoms with Gasteiger partial charge in [0.05, 0.1) is 0 Å². The normalized spacial score (nSPS) is 14.7. The summed E-state index contributed by atoms with van der Waals surface area (Å²) in [6.07, 6.45) is 1.60. The van der Waals surface area contributed by atoms with Crippen LogP contribution in [0.15, 0.2) is 12.7 Å². The molecule has 1 aliphatic heterocycles. The zero-order chi connectivity index (χ0) is 11.1. The first-order valence-corrected chi connectivity index (χ1v) is 4.89. The zero-order valence-corrected chi connectivity index (χ0v) is 8.58. The summed E-state index contributed by atoms with van der Waals surface area (Å²) in [5.74, 6) is 0. The Kier molecular flexibility index (Phi) is 4.46. The number of carbonyl (C=O) groups excluding carboxylic acids is 2. The molecule has 84 valence electrons. The average molecular weight is 212 g/mol. The highest BCUT2D eigenvalue weighted by Crippen LogP contribution is 1.94. The third-order valence-corrected chi connectivity index (χ3v) is 2.02. The largest absolute Gasteiger partial charge is 0.336 e. The van der Waals surface area contributed by atoms with E-state index in [1.807, 2.05) is 0 Å². The molecule has 1 aliphatic rings. The fourth-order valence-corrected chi connectivity index (χ4v) is 1.26. The summed E-state index contributed by atoms with van der Waals surface area (Å²) in [4.78, 5) is 23.8. The lowest BCUT2D eigenvalue weighted by molar-refractivity contribution is 0.215. The number of hydrogen-bond acceptors (Lipinski definition) is 2. The lowest BCUT2D eigenvalue weighted by Crippen LogP contribution is -2.41. The van der Waals surface area contributed by atoms with Crippen molar-refractivity contribution in [1.82, 2.24) is 20.9 Å². The Labute approximate surface area is 88.7 Å². The van der Waals surface area contributed by atoms with Crippen LogP contribution < -0.4 is 16.0 Å². The molecule has 0 saturated carbocycles. The number of urea groups is 2. The van der Waals surface area contributed by atoms with E-state index in [0.29, 0.717) is 32.7 Å². The second kappa shape index (κ2) is 5.90. The van der Waals surface area contributed by atoms with Crippen molar-refractivity contribution in [2.75, 3.05) is 32.7 Å². The van der Waals surface area contributed by atoms with Crippen LogP contribution in [0.2, 0.25) is 0 Å². The lowest BCUT2D eigenvalue weighted by atomic mass is 10.5. The summed E-state index contributed by atoms with van der Waals surface area (Å²) in [6.45, 7) is 6.30. The smallest absolute Gasteiger partial charge is 0.317 e. The highest BCUT2D eigenvalue weighted by molar-refractivity contribution is 5.76. The van der Waals surface area contributed by atoms with Gasteiger partial charge in [-0.2, -0.15) is 0 Å². The minimum Gasteiger partial charge on any atom is -0.336 e. The van der Waals surface area contributed by atoms with Crippen molar-refractivity contribution in [2.45, 2.75) is 0 Å². The van der Waals surface area contributed by atoms with Crippen molar-refractivity contribution >= 4 is 12.1 Å². The van der Waals surface area contributed by atoms with Crippen LogP contribution in [0.5, 0.6) is 0 Å². The molecule has 0 aromatic carbocycles. The number of amides is 4. The van der Waals surface area contributed by atoms with E-state index in [0.717, 1.165) is 0 Å². The van der Waals surface area contributed by atoms with Crippen molar-refractivity contribution in [1.29, 1.82) is 0 Å². The first-order chi connectivity index (χ1) is 7.24. The molecule has 1 fully saturated rings. The van der Waals surface area contributed by atoms with E-state index in [-0.39, 0.29) is 12.1 Å². The van der Waals surface area contributed by atoms with E-state index in [4.69, 9.17) is 0 Å². The molecule has 15 heavy (non-hydrogen) atoms. The number of nitrogens with zero attached hydrogens (tertiary/aromatic N) is 1. The van der Waals surface area contributed by atoms with Crippen LogP contribution >= 0.6 is 0 Å². The van der Waals surface area contributed by atoms with E-state index in [1.165, 1.54) is 0 Å². The zero-order valence-electron chi connectivity index (χ0n) is 8.58. The van der Waals surface area contributed by atoms with Crippen LogP contribution in [-0.2, 0) is 0 Å². The van der Waals surface area contributed by atoms with Gasteiger partial charge < -0.3 is 20.9 Å². The third kappa shape index (κ3) is 3.88. The first-order valence-electron chi connectivity index (χ1n) is 4.89. The van der Waals surface area contributed by atoms with E-state index in [2.05, 4.69) is 22.5 Å². The Balaban J connectivity index is 2.07. The molecule has 0 aromatic heterocycles. The monoisotopic (exact) mass is 212 g/mol. The number of carbonyl (C=O) groups is 2. The van der Waals surface area contributed by atoms with Crippen molar-refractivity contribution in [3.63, 3.8) is 0 Å². The van der Waals surface area contributed by atoms with Crippen LogP contribution in [0.3, 0.4) is 0 Å². The molecule has 0 spiro atoms. The maximum Gasteiger partial charge on any atom is 0.317 e. The van der Waals surface area contributed by atoms with Crippen LogP contribution in [0.1, 0.15) is 0 Å². The summed E-state index contributed by atoms with van der Waals surface area (Å²) < 4.78 is 0. The first kappa shape index (κ1) is 11.4. The summed E-state index contributed by atoms with van der Waals surface area (Å²) in [7, 11) is 0. The lowest BCUT2D eigenvalue weighted by Gasteiger charge is -2.14. The fraction of sp³-hybridized carbons (Fsp3) is 0.556. The predicted molar refractivity (Wildman–Crippen MR) is 56.6 cm³/mol. The SMILES string of the molecule is C=CCNC(=O)NCCN1CCNC1=O. The molecular formula is C9H16N4O2. The number of hydrogen-bond donors (Lipinski definition) is 3. The van der Waals surface area contributed by atoms with Crippen molar-refractivity contribution in [3.8, 4) is 0 Å². The van der Waals surface area contributed by atoms with Gasteiger partial charge in [-0.25, -0.2) is 9.59 Å². The van der Waals surface area contributed by atoms with E-state index in [9.17, 15) is 9.59 Å². The summed E-state index contributed by atoms with van der Waals surface area (Å²) in [5.41, 5.74) is 0. The molecular weight excluding hydrogens is 196 g/mol. The molecule has 4 amide bonds. The maximum atomic E-state index is 11.1. The average Bonchev–Trinajstić information content (AvgIpc) is 2.61. The summed E-state index contributed by atoms with van der Waals surface area (Å²) in [5, 5.41) is 7.91. The van der Waals surface area contributed by atoms with Crippen LogP contribution in [0.25, 0.3) is 0 Å². The molecule has 6 nitrogen and oxygen atoms in total. The molecule has 0 bridgehead atoms. The van der Waals surface area contributed by atoms with Gasteiger partial charge in [0.1, 0.15) is 0 Å². The van der Waals surface area contributed by atoms with Gasteiger partial charge in [-0.1, -0.05) is 6.08 Å². The summed E-state index contributed by atoms with van der Waals surface area (Å²) >= 11 is 0. The van der Waals surface area contributed by atoms with E-state index >= 15 is 0 Å². The highest BCUT2D eigenvalue weighted by atomic mass is 16.2. The van der Waals surface area contributed by atoms with Gasteiger partial charge in [-0.3, -0.25) is 0 Å². The third-order valence-electron chi connectivity index (χ3n) is 2.02. The quantitative estimate of drug-likeness (QED) is 0.537. The van der Waals surface area contributed by atoms with Gasteiger partial charge in [0.25, 0.3) is 0 Å². The van der Waals surface area contributed by atoms with Gasteiger partial charge in [0.15, 0.2) is 0 Å². The molecule has 0 atom stereocenters. The Hall–Kier alpha value is -1.72. The van der Waals surface area contributed by atoms with E-state index < -0.39 is 0 Å². The second-order valence-electron chi connectivity index (χ2n) is 3.14. The van der Waals surface area contributed by atoms with Gasteiger partial charge in [0, 0.05) is 32.7 Å². The highest BCUT2D eigenvalue weighted by Gasteiger charge is 2.18. The Morgan fingerprint density at radius 1 is 1.60 bits per heavy atom. The molecule has 1 rings (SSSR count). The summed E-state index contributed by atoms with van der Waals surface area (Å²) in [6, 6.07) is -0.308. The Morgan fingerprint density at radius 2 is 2.40 bits per heavy atom. The van der Waals surface area contributed by atoms with Gasteiger partial charge in [-0.05, 0) is 0 Å². The minimum atomic E-state index is -0.241. The van der Waals surface area contributed by atoms with Crippen molar-refractivity contribution in [2.24, 2.45) is 0 Å². The van der Waals surface area contributed by atoms with Gasteiger partial charge in [-0.15, -0.1) is 6.58 Å². The molecule has 0 radical (unpaired) electrons. The maximum absolute atomic E-state index is 11.1. The molecule has 6 heteroatoms. The van der Waals surface area contributed by atoms with Crippen molar-refractivity contribution in [3.05, 3.63) is 12.7 Å². The van der Waals surface area contributed by atoms with Crippen LogP contribution in [-0.4, -0.2) is 49.7 Å². The Morgan fingerprint density at radius 3 is 3.00 bits per heavy atom. The number of rotatable bonds is 5. The predicted octanol–water partition coefficient (Wildman–Crippen LogP) is -0.503. The Bertz CT molecular complexity index is 254. The second-order valence-corrected chi connectivity index (χ2v) is 3.14. The van der Waals surface area contributed by atoms with Crippen molar-refractivity contribution < 1.29 is 9.59 Å². The van der Waals surface area contributed by atoms with Crippen LogP contribution in [0, 0.1) is 0 Å². The standard InChI is InChI=1S/C9H16N4O2/c1-2-3-10-8(14)11-4-6-13-7-5-12-9(13)15/h2H,1,3-7H2,(H,12,15)(H2,10,11,14). The fourth-order valence-electron chi connectivity index (χ4n) is 1.26. The molecule has 1 saturated heterocycles. The van der Waals surface area contributed by atoms with Crippen LogP contribution in [0.4, 0.5) is 9.59 Å². The van der Waals surface area contributed by atoms with Gasteiger partial charge >= 0.3 is 12.1 Å². The molecule has 0 aliphatic carbocycles. The molecule has 0 aromatic rings. The van der Waals surface area contributed by atoms with Gasteiger partial charge in [0.2, 0.25) is 0 Å². The molecule has 1 heterocycles. The minimum absolute atomic E-state index is 0.0664. The topological polar surface area (TPSA) is 73.5 Å². The molecule has 0 unspecified atom stereocenters.